The first-order valence-corrected chi connectivity index (χ1v) is 6.61. The van der Waals surface area contributed by atoms with Crippen LogP contribution in [0.4, 0.5) is 0 Å². The van der Waals surface area contributed by atoms with Gasteiger partial charge in [0.2, 0.25) is 5.88 Å². The van der Waals surface area contributed by atoms with Crippen LogP contribution in [0.25, 0.3) is 0 Å². The molecule has 4 nitrogen and oxygen atoms in total. The number of rotatable bonds is 4. The minimum atomic E-state index is -0.140. The average Bonchev–Trinajstić information content (AvgIpc) is 2.68. The van der Waals surface area contributed by atoms with Crippen molar-refractivity contribution in [1.82, 2.24) is 9.97 Å². The van der Waals surface area contributed by atoms with Crippen LogP contribution in [0.5, 0.6) is 5.88 Å². The van der Waals surface area contributed by atoms with Gasteiger partial charge in [0.15, 0.2) is 0 Å². The van der Waals surface area contributed by atoms with Crippen LogP contribution in [0.2, 0.25) is 0 Å². The van der Waals surface area contributed by atoms with E-state index in [1.807, 2.05) is 19.1 Å². The predicted octanol–water partition coefficient (Wildman–Crippen LogP) is 2.41. The second-order valence-electron chi connectivity index (χ2n) is 4.16. The molecule has 2 N–H and O–H groups in total. The largest absolute Gasteiger partial charge is 0.481 e. The number of hydrogen-bond acceptors (Lipinski definition) is 5. The number of nitrogens with two attached hydrogens (primary N) is 1. The maximum Gasteiger partial charge on any atom is 0.217 e. The van der Waals surface area contributed by atoms with E-state index in [9.17, 15) is 0 Å². The molecule has 0 spiro atoms. The lowest BCUT2D eigenvalue weighted by atomic mass is 10.1. The van der Waals surface area contributed by atoms with Gasteiger partial charge in [0, 0.05) is 29.1 Å². The maximum atomic E-state index is 6.21. The average molecular weight is 263 g/mol. The Bertz CT molecular complexity index is 519. The van der Waals surface area contributed by atoms with Crippen LogP contribution < -0.4 is 10.5 Å². The highest BCUT2D eigenvalue weighted by atomic mass is 32.1. The summed E-state index contributed by atoms with van der Waals surface area (Å²) >= 11 is 1.70. The number of aromatic nitrogens is 2. The molecule has 1 atom stereocenters. The predicted molar refractivity (Wildman–Crippen MR) is 73.0 cm³/mol. The molecule has 0 aliphatic heterocycles. The highest BCUT2D eigenvalue weighted by molar-refractivity contribution is 7.11. The van der Waals surface area contributed by atoms with E-state index >= 15 is 0 Å². The maximum absolute atomic E-state index is 6.21. The topological polar surface area (TPSA) is 61.0 Å². The van der Waals surface area contributed by atoms with E-state index in [4.69, 9.17) is 10.5 Å². The molecule has 0 saturated carbocycles. The van der Waals surface area contributed by atoms with Crippen molar-refractivity contribution in [2.45, 2.75) is 26.3 Å². The van der Waals surface area contributed by atoms with Crippen molar-refractivity contribution in [2.75, 3.05) is 7.11 Å². The van der Waals surface area contributed by atoms with Crippen molar-refractivity contribution in [3.8, 4) is 5.88 Å². The number of aryl methyl sites for hydroxylation is 2. The van der Waals surface area contributed by atoms with Crippen LogP contribution in [-0.4, -0.2) is 17.1 Å². The quantitative estimate of drug-likeness (QED) is 0.920. The summed E-state index contributed by atoms with van der Waals surface area (Å²) in [6, 6.07) is 3.68. The lowest BCUT2D eigenvalue weighted by Gasteiger charge is -2.13. The van der Waals surface area contributed by atoms with Crippen molar-refractivity contribution in [3.63, 3.8) is 0 Å². The van der Waals surface area contributed by atoms with Gasteiger partial charge in [-0.1, -0.05) is 6.07 Å². The summed E-state index contributed by atoms with van der Waals surface area (Å²) in [7, 11) is 1.61. The molecule has 18 heavy (non-hydrogen) atoms. The van der Waals surface area contributed by atoms with Gasteiger partial charge in [0.1, 0.15) is 0 Å². The Kier molecular flexibility index (Phi) is 3.93. The van der Waals surface area contributed by atoms with Crippen molar-refractivity contribution < 1.29 is 4.74 Å². The van der Waals surface area contributed by atoms with Gasteiger partial charge in [-0.25, -0.2) is 9.97 Å². The highest BCUT2D eigenvalue weighted by Gasteiger charge is 2.15. The normalized spacial score (nSPS) is 12.4. The molecule has 2 aromatic heterocycles. The second kappa shape index (κ2) is 5.46. The van der Waals surface area contributed by atoms with Gasteiger partial charge >= 0.3 is 0 Å². The molecule has 96 valence electrons. The Labute approximate surface area is 111 Å². The Morgan fingerprint density at radius 2 is 2.22 bits per heavy atom. The first kappa shape index (κ1) is 13.0. The molecule has 2 aromatic rings. The summed E-state index contributed by atoms with van der Waals surface area (Å²) in [5.41, 5.74) is 8.21. The number of hydrogen-bond donors (Lipinski definition) is 1. The number of pyridine rings is 1. The standard InChI is InChI=1S/C13H17N3OS/c1-8-9(2)18-12(16-8)7-11(14)10-5-4-6-15-13(10)17-3/h4-6,11H,7,14H2,1-3H3. The first-order chi connectivity index (χ1) is 8.61. The molecular weight excluding hydrogens is 246 g/mol. The molecule has 5 heteroatoms. The minimum absolute atomic E-state index is 0.140. The van der Waals surface area contributed by atoms with Crippen LogP contribution in [-0.2, 0) is 6.42 Å². The zero-order valence-corrected chi connectivity index (χ0v) is 11.6. The van der Waals surface area contributed by atoms with Crippen molar-refractivity contribution in [2.24, 2.45) is 5.73 Å². The summed E-state index contributed by atoms with van der Waals surface area (Å²) < 4.78 is 5.22. The molecule has 0 aromatic carbocycles. The van der Waals surface area contributed by atoms with Crippen molar-refractivity contribution in [3.05, 3.63) is 39.5 Å². The second-order valence-corrected chi connectivity index (χ2v) is 5.45. The zero-order chi connectivity index (χ0) is 13.1. The van der Waals surface area contributed by atoms with Gasteiger partial charge in [-0.05, 0) is 19.9 Å². The number of methoxy groups -OCH3 is 1. The van der Waals surface area contributed by atoms with E-state index in [-0.39, 0.29) is 6.04 Å². The van der Waals surface area contributed by atoms with E-state index < -0.39 is 0 Å². The third kappa shape index (κ3) is 2.68. The van der Waals surface area contributed by atoms with Gasteiger partial charge in [0.25, 0.3) is 0 Å². The molecule has 2 heterocycles. The molecular formula is C13H17N3OS. The van der Waals surface area contributed by atoms with Gasteiger partial charge < -0.3 is 10.5 Å². The minimum Gasteiger partial charge on any atom is -0.481 e. The fraction of sp³-hybridized carbons (Fsp3) is 0.385. The third-order valence-electron chi connectivity index (χ3n) is 2.86. The number of nitrogens with zero attached hydrogens (tertiary/aromatic N) is 2. The van der Waals surface area contributed by atoms with Crippen molar-refractivity contribution in [1.29, 1.82) is 0 Å². The Morgan fingerprint density at radius 1 is 1.44 bits per heavy atom. The Hall–Kier alpha value is -1.46. The van der Waals surface area contributed by atoms with Gasteiger partial charge in [-0.2, -0.15) is 0 Å². The Balaban J connectivity index is 2.18. The third-order valence-corrected chi connectivity index (χ3v) is 3.96. The molecule has 0 aliphatic carbocycles. The summed E-state index contributed by atoms with van der Waals surface area (Å²) in [6.07, 6.45) is 2.41. The lowest BCUT2D eigenvalue weighted by molar-refractivity contribution is 0.388. The van der Waals surface area contributed by atoms with Crippen LogP contribution in [0.1, 0.15) is 27.2 Å². The van der Waals surface area contributed by atoms with Crippen LogP contribution in [0.3, 0.4) is 0 Å². The first-order valence-electron chi connectivity index (χ1n) is 5.79. The Morgan fingerprint density at radius 3 is 2.83 bits per heavy atom. The lowest BCUT2D eigenvalue weighted by Crippen LogP contribution is -2.14. The fourth-order valence-corrected chi connectivity index (χ4v) is 2.77. The van der Waals surface area contributed by atoms with Crippen LogP contribution in [0.15, 0.2) is 18.3 Å². The number of ether oxygens (including phenoxy) is 1. The van der Waals surface area contributed by atoms with E-state index in [0.29, 0.717) is 12.3 Å². The molecule has 0 bridgehead atoms. The molecule has 1 unspecified atom stereocenters. The van der Waals surface area contributed by atoms with Crippen LogP contribution >= 0.6 is 11.3 Å². The monoisotopic (exact) mass is 263 g/mol. The molecule has 0 aliphatic rings. The summed E-state index contributed by atoms with van der Waals surface area (Å²) in [5, 5.41) is 1.06. The van der Waals surface area contributed by atoms with Gasteiger partial charge in [-0.3, -0.25) is 0 Å². The van der Waals surface area contributed by atoms with Crippen molar-refractivity contribution >= 4 is 11.3 Å². The molecule has 0 radical (unpaired) electrons. The van der Waals surface area contributed by atoms with E-state index in [2.05, 4.69) is 16.9 Å². The summed E-state index contributed by atoms with van der Waals surface area (Å²) in [6.45, 7) is 4.10. The van der Waals surface area contributed by atoms with Crippen LogP contribution in [0, 0.1) is 13.8 Å². The SMILES string of the molecule is COc1ncccc1C(N)Cc1nc(C)c(C)s1. The van der Waals surface area contributed by atoms with Gasteiger partial charge in [0.05, 0.1) is 17.8 Å². The zero-order valence-electron chi connectivity index (χ0n) is 10.8. The van der Waals surface area contributed by atoms with E-state index in [1.54, 1.807) is 24.6 Å². The smallest absolute Gasteiger partial charge is 0.217 e. The van der Waals surface area contributed by atoms with E-state index in [0.717, 1.165) is 16.3 Å². The molecule has 2 rings (SSSR count). The van der Waals surface area contributed by atoms with Gasteiger partial charge in [-0.15, -0.1) is 11.3 Å². The van der Waals surface area contributed by atoms with E-state index in [1.165, 1.54) is 4.88 Å². The summed E-state index contributed by atoms with van der Waals surface area (Å²) in [4.78, 5) is 9.92. The molecule has 0 fully saturated rings. The molecule has 0 amide bonds. The highest BCUT2D eigenvalue weighted by Crippen LogP contribution is 2.26. The number of thiazole rings is 1. The fourth-order valence-electron chi connectivity index (χ4n) is 1.78. The molecule has 0 saturated heterocycles. The summed E-state index contributed by atoms with van der Waals surface area (Å²) in [5.74, 6) is 0.593.